The molecule has 22 heavy (non-hydrogen) atoms. The Hall–Kier alpha value is -1.95. The lowest BCUT2D eigenvalue weighted by molar-refractivity contribution is -0.149. The molecule has 1 heterocycles. The number of amides is 1. The highest BCUT2D eigenvalue weighted by Crippen LogP contribution is 2.60. The summed E-state index contributed by atoms with van der Waals surface area (Å²) in [7, 11) is 0. The highest BCUT2D eigenvalue weighted by Gasteiger charge is 2.67. The van der Waals surface area contributed by atoms with Crippen LogP contribution in [0, 0.1) is 5.41 Å². The molecule has 0 aromatic carbocycles. The lowest BCUT2D eigenvalue weighted by atomic mass is 10.00. The third-order valence-corrected chi connectivity index (χ3v) is 4.03. The molecular weight excluding hydrogens is 288 g/mol. The van der Waals surface area contributed by atoms with Crippen LogP contribution in [0.3, 0.4) is 0 Å². The average molecular weight is 310 g/mol. The number of piperidine rings is 1. The van der Waals surface area contributed by atoms with E-state index in [9.17, 15) is 9.59 Å². The van der Waals surface area contributed by atoms with Gasteiger partial charge in [-0.15, -0.1) is 0 Å². The number of nitrogens with zero attached hydrogens (tertiary/aromatic N) is 4. The number of carbonyl (C=O) groups is 2. The Labute approximate surface area is 129 Å². The van der Waals surface area contributed by atoms with Gasteiger partial charge in [0, 0.05) is 22.9 Å². The minimum absolute atomic E-state index is 0.123. The summed E-state index contributed by atoms with van der Waals surface area (Å²) in [5, 5.41) is 3.63. The molecule has 1 aliphatic heterocycles. The first-order valence-corrected chi connectivity index (χ1v) is 7.43. The Balaban J connectivity index is 2.18. The zero-order valence-electron chi connectivity index (χ0n) is 13.4. The molecule has 2 rings (SSSR count). The van der Waals surface area contributed by atoms with Crippen molar-refractivity contribution in [3.63, 3.8) is 0 Å². The normalized spacial score (nSPS) is 29.4. The Morgan fingerprint density at radius 3 is 2.64 bits per heavy atom. The minimum Gasteiger partial charge on any atom is -0.464 e. The predicted octanol–water partition coefficient (Wildman–Crippen LogP) is 2.63. The summed E-state index contributed by atoms with van der Waals surface area (Å²) in [6.45, 7) is 7.59. The first-order chi connectivity index (χ1) is 10.2. The lowest BCUT2D eigenvalue weighted by Gasteiger charge is -2.29. The number of azide groups is 1. The smallest absolute Gasteiger partial charge is 0.411 e. The van der Waals surface area contributed by atoms with Crippen molar-refractivity contribution in [2.45, 2.75) is 58.2 Å². The van der Waals surface area contributed by atoms with Gasteiger partial charge in [-0.2, -0.15) is 0 Å². The van der Waals surface area contributed by atoms with Crippen molar-refractivity contribution >= 4 is 12.1 Å². The van der Waals surface area contributed by atoms with E-state index < -0.39 is 23.7 Å². The van der Waals surface area contributed by atoms with Gasteiger partial charge in [-0.1, -0.05) is 5.11 Å². The van der Waals surface area contributed by atoms with Crippen molar-refractivity contribution in [1.29, 1.82) is 0 Å². The number of carbonyl (C=O) groups excluding carboxylic acids is 2. The van der Waals surface area contributed by atoms with Crippen LogP contribution in [0.2, 0.25) is 0 Å². The fraction of sp³-hybridized carbons (Fsp3) is 0.857. The van der Waals surface area contributed by atoms with Crippen LogP contribution in [0.1, 0.15) is 40.5 Å². The van der Waals surface area contributed by atoms with Crippen molar-refractivity contribution in [1.82, 2.24) is 4.90 Å². The summed E-state index contributed by atoms with van der Waals surface area (Å²) in [5.41, 5.74) is 7.57. The summed E-state index contributed by atoms with van der Waals surface area (Å²) in [6.07, 6.45) is 0.659. The highest BCUT2D eigenvalue weighted by atomic mass is 16.6. The van der Waals surface area contributed by atoms with Crippen LogP contribution in [0.15, 0.2) is 5.11 Å². The molecule has 0 aromatic rings. The van der Waals surface area contributed by atoms with E-state index in [1.54, 1.807) is 27.7 Å². The average Bonchev–Trinajstić information content (AvgIpc) is 2.99. The van der Waals surface area contributed by atoms with Gasteiger partial charge in [0.25, 0.3) is 0 Å². The number of hydrogen-bond acceptors (Lipinski definition) is 5. The molecule has 0 bridgehead atoms. The zero-order valence-corrected chi connectivity index (χ0v) is 13.4. The molecule has 1 amide bonds. The number of hydrogen-bond donors (Lipinski definition) is 0. The maximum atomic E-state index is 12.4. The number of rotatable bonds is 4. The van der Waals surface area contributed by atoms with Crippen LogP contribution >= 0.6 is 0 Å². The van der Waals surface area contributed by atoms with E-state index in [1.807, 2.05) is 0 Å². The molecule has 3 atom stereocenters. The second-order valence-electron chi connectivity index (χ2n) is 6.83. The Bertz CT molecular complexity index is 523. The SMILES string of the molecule is CCOC(=O)[C@@H]1CC2(CN=[N+]=[N-])CC2N1C(=O)OC(C)(C)C. The monoisotopic (exact) mass is 310 g/mol. The summed E-state index contributed by atoms with van der Waals surface area (Å²) in [5.74, 6) is -0.430. The predicted molar refractivity (Wildman–Crippen MR) is 78.0 cm³/mol. The van der Waals surface area contributed by atoms with Crippen molar-refractivity contribution in [2.75, 3.05) is 13.2 Å². The minimum atomic E-state index is -0.664. The standard InChI is InChI=1S/C14H22N4O4/c1-5-21-11(19)9-6-14(8-16-17-15)7-10(14)18(9)12(20)22-13(2,3)4/h9-10H,5-8H2,1-4H3/t9-,10?,14?/m0/s1. The quantitative estimate of drug-likeness (QED) is 0.344. The molecule has 0 spiro atoms. The molecule has 0 radical (unpaired) electrons. The van der Waals surface area contributed by atoms with Gasteiger partial charge in [0.1, 0.15) is 11.6 Å². The molecule has 122 valence electrons. The molecule has 0 N–H and O–H groups in total. The molecule has 1 saturated heterocycles. The third kappa shape index (κ3) is 3.11. The summed E-state index contributed by atoms with van der Waals surface area (Å²) < 4.78 is 10.5. The Morgan fingerprint density at radius 1 is 1.41 bits per heavy atom. The van der Waals surface area contributed by atoms with E-state index in [1.165, 1.54) is 4.90 Å². The van der Waals surface area contributed by atoms with Crippen LogP contribution in [0.25, 0.3) is 10.4 Å². The Kier molecular flexibility index (Phi) is 4.24. The molecule has 8 nitrogen and oxygen atoms in total. The van der Waals surface area contributed by atoms with Crippen LogP contribution < -0.4 is 0 Å². The van der Waals surface area contributed by atoms with Crippen LogP contribution in [-0.2, 0) is 14.3 Å². The topological polar surface area (TPSA) is 105 Å². The molecule has 1 aliphatic carbocycles. The molecule has 2 fully saturated rings. The van der Waals surface area contributed by atoms with Gasteiger partial charge in [0.05, 0.1) is 6.61 Å². The highest BCUT2D eigenvalue weighted by molar-refractivity contribution is 5.83. The Morgan fingerprint density at radius 2 is 2.09 bits per heavy atom. The van der Waals surface area contributed by atoms with Crippen LogP contribution in [0.4, 0.5) is 4.79 Å². The van der Waals surface area contributed by atoms with Crippen LogP contribution in [0.5, 0.6) is 0 Å². The van der Waals surface area contributed by atoms with Gasteiger partial charge in [-0.05, 0) is 46.1 Å². The summed E-state index contributed by atoms with van der Waals surface area (Å²) >= 11 is 0. The molecule has 1 saturated carbocycles. The van der Waals surface area contributed by atoms with E-state index in [-0.39, 0.29) is 24.6 Å². The van der Waals surface area contributed by atoms with Crippen molar-refractivity contribution in [2.24, 2.45) is 10.5 Å². The second kappa shape index (κ2) is 5.68. The van der Waals surface area contributed by atoms with Gasteiger partial charge in [-0.3, -0.25) is 4.90 Å². The summed E-state index contributed by atoms with van der Waals surface area (Å²) in [4.78, 5) is 28.8. The van der Waals surface area contributed by atoms with Gasteiger partial charge in [-0.25, -0.2) is 9.59 Å². The number of fused-ring (bicyclic) bond motifs is 1. The number of esters is 1. The molecule has 2 unspecified atom stereocenters. The number of ether oxygens (including phenoxy) is 2. The van der Waals surface area contributed by atoms with Gasteiger partial charge >= 0.3 is 12.1 Å². The van der Waals surface area contributed by atoms with E-state index in [4.69, 9.17) is 15.0 Å². The van der Waals surface area contributed by atoms with Gasteiger partial charge in [0.15, 0.2) is 0 Å². The number of likely N-dealkylation sites (tertiary alicyclic amines) is 1. The fourth-order valence-corrected chi connectivity index (χ4v) is 3.05. The van der Waals surface area contributed by atoms with Crippen molar-refractivity contribution < 1.29 is 19.1 Å². The summed E-state index contributed by atoms with van der Waals surface area (Å²) in [6, 6.07) is -0.787. The van der Waals surface area contributed by atoms with Crippen molar-refractivity contribution in [3.8, 4) is 0 Å². The van der Waals surface area contributed by atoms with E-state index in [2.05, 4.69) is 10.0 Å². The first kappa shape index (κ1) is 16.4. The maximum Gasteiger partial charge on any atom is 0.411 e. The van der Waals surface area contributed by atoms with E-state index in [0.29, 0.717) is 6.42 Å². The first-order valence-electron chi connectivity index (χ1n) is 7.43. The second-order valence-corrected chi connectivity index (χ2v) is 6.83. The zero-order chi connectivity index (χ0) is 16.5. The lowest BCUT2D eigenvalue weighted by Crippen LogP contribution is -2.46. The van der Waals surface area contributed by atoms with Gasteiger partial charge < -0.3 is 9.47 Å². The van der Waals surface area contributed by atoms with Crippen LogP contribution in [-0.4, -0.2) is 47.8 Å². The largest absolute Gasteiger partial charge is 0.464 e. The molecule has 0 aromatic heterocycles. The molecule has 8 heteroatoms. The van der Waals surface area contributed by atoms with E-state index in [0.717, 1.165) is 6.42 Å². The maximum absolute atomic E-state index is 12.4. The van der Waals surface area contributed by atoms with Crippen molar-refractivity contribution in [3.05, 3.63) is 10.4 Å². The molecular formula is C14H22N4O4. The van der Waals surface area contributed by atoms with Gasteiger partial charge in [0.2, 0.25) is 0 Å². The fourth-order valence-electron chi connectivity index (χ4n) is 3.05. The molecule has 2 aliphatic rings. The van der Waals surface area contributed by atoms with E-state index >= 15 is 0 Å². The third-order valence-electron chi connectivity index (χ3n) is 4.03.